The monoisotopic (exact) mass is 218 g/mol. The van der Waals surface area contributed by atoms with E-state index in [0.29, 0.717) is 12.3 Å². The highest BCUT2D eigenvalue weighted by Crippen LogP contribution is 2.36. The summed E-state index contributed by atoms with van der Waals surface area (Å²) in [5.74, 6) is 1.59. The summed E-state index contributed by atoms with van der Waals surface area (Å²) in [5, 5.41) is 2.97. The molecule has 1 amide bonds. The summed E-state index contributed by atoms with van der Waals surface area (Å²) in [5.41, 5.74) is 7.32. The Labute approximate surface area is 96.0 Å². The third-order valence-electron chi connectivity index (χ3n) is 3.18. The Morgan fingerprint density at radius 2 is 2.06 bits per heavy atom. The highest BCUT2D eigenvalue weighted by atomic mass is 16.1. The molecule has 3 heteroatoms. The second-order valence-corrected chi connectivity index (χ2v) is 4.70. The number of nitrogens with one attached hydrogen (secondary N) is 1. The van der Waals surface area contributed by atoms with Crippen LogP contribution in [0.15, 0.2) is 24.3 Å². The van der Waals surface area contributed by atoms with E-state index >= 15 is 0 Å². The van der Waals surface area contributed by atoms with E-state index in [1.165, 1.54) is 6.42 Å². The number of nitrogen functional groups attached to an aromatic ring is 1. The van der Waals surface area contributed by atoms with Crippen LogP contribution in [0.1, 0.15) is 18.9 Å². The van der Waals surface area contributed by atoms with Crippen LogP contribution >= 0.6 is 0 Å². The molecule has 0 aromatic heterocycles. The molecule has 0 heterocycles. The van der Waals surface area contributed by atoms with Crippen LogP contribution in [0.5, 0.6) is 0 Å². The largest absolute Gasteiger partial charge is 0.399 e. The van der Waals surface area contributed by atoms with Gasteiger partial charge in [-0.3, -0.25) is 4.79 Å². The van der Waals surface area contributed by atoms with Crippen LogP contribution in [-0.2, 0) is 11.2 Å². The quantitative estimate of drug-likeness (QED) is 0.754. The van der Waals surface area contributed by atoms with Gasteiger partial charge < -0.3 is 11.1 Å². The zero-order valence-electron chi connectivity index (χ0n) is 9.57. The van der Waals surface area contributed by atoms with Gasteiger partial charge in [0.1, 0.15) is 0 Å². The van der Waals surface area contributed by atoms with Crippen molar-refractivity contribution in [2.75, 3.05) is 12.3 Å². The van der Waals surface area contributed by atoms with E-state index in [0.717, 1.165) is 23.7 Å². The number of rotatable bonds is 4. The highest BCUT2D eigenvalue weighted by molar-refractivity contribution is 5.78. The summed E-state index contributed by atoms with van der Waals surface area (Å²) < 4.78 is 0. The maximum Gasteiger partial charge on any atom is 0.224 e. The van der Waals surface area contributed by atoms with Crippen molar-refractivity contribution in [1.82, 2.24) is 5.32 Å². The zero-order chi connectivity index (χ0) is 11.5. The van der Waals surface area contributed by atoms with E-state index < -0.39 is 0 Å². The lowest BCUT2D eigenvalue weighted by molar-refractivity contribution is -0.120. The third kappa shape index (κ3) is 2.99. The van der Waals surface area contributed by atoms with Crippen molar-refractivity contribution < 1.29 is 4.79 Å². The summed E-state index contributed by atoms with van der Waals surface area (Å²) in [4.78, 5) is 11.6. The fraction of sp³-hybridized carbons (Fsp3) is 0.462. The van der Waals surface area contributed by atoms with Gasteiger partial charge in [0.15, 0.2) is 0 Å². The molecule has 1 aromatic carbocycles. The minimum atomic E-state index is 0.101. The molecule has 0 bridgehead atoms. The molecule has 0 spiro atoms. The fourth-order valence-electron chi connectivity index (χ4n) is 1.81. The first-order valence-electron chi connectivity index (χ1n) is 5.76. The first-order valence-corrected chi connectivity index (χ1v) is 5.76. The molecule has 2 atom stereocenters. The maximum atomic E-state index is 11.6. The van der Waals surface area contributed by atoms with Gasteiger partial charge in [-0.15, -0.1) is 0 Å². The van der Waals surface area contributed by atoms with Crippen LogP contribution in [-0.4, -0.2) is 12.5 Å². The first kappa shape index (κ1) is 11.0. The Morgan fingerprint density at radius 1 is 1.44 bits per heavy atom. The Balaban J connectivity index is 1.76. The molecular formula is C13H18N2O. The van der Waals surface area contributed by atoms with E-state index in [2.05, 4.69) is 12.2 Å². The molecule has 86 valence electrons. The minimum Gasteiger partial charge on any atom is -0.399 e. The van der Waals surface area contributed by atoms with Crippen LogP contribution in [0.4, 0.5) is 5.69 Å². The predicted octanol–water partition coefficient (Wildman–Crippen LogP) is 1.58. The standard InChI is InChI=1S/C13H18N2O/c1-9-6-11(9)8-15-13(16)7-10-2-4-12(14)5-3-10/h2-5,9,11H,6-8,14H2,1H3,(H,15,16). The topological polar surface area (TPSA) is 55.1 Å². The van der Waals surface area contributed by atoms with Crippen LogP contribution in [0.25, 0.3) is 0 Å². The van der Waals surface area contributed by atoms with Crippen molar-refractivity contribution >= 4 is 11.6 Å². The van der Waals surface area contributed by atoms with E-state index in [1.54, 1.807) is 0 Å². The Kier molecular flexibility index (Phi) is 3.13. The first-order chi connectivity index (χ1) is 7.65. The van der Waals surface area contributed by atoms with E-state index in [-0.39, 0.29) is 5.91 Å². The summed E-state index contributed by atoms with van der Waals surface area (Å²) in [6.45, 7) is 3.05. The van der Waals surface area contributed by atoms with E-state index in [9.17, 15) is 4.79 Å². The number of hydrogen-bond acceptors (Lipinski definition) is 2. The van der Waals surface area contributed by atoms with Gasteiger partial charge >= 0.3 is 0 Å². The number of nitrogens with two attached hydrogens (primary N) is 1. The molecule has 1 aliphatic carbocycles. The van der Waals surface area contributed by atoms with Crippen molar-refractivity contribution in [3.05, 3.63) is 29.8 Å². The number of carbonyl (C=O) groups is 1. The van der Waals surface area contributed by atoms with Gasteiger partial charge in [-0.05, 0) is 36.0 Å². The van der Waals surface area contributed by atoms with Crippen molar-refractivity contribution in [2.24, 2.45) is 11.8 Å². The highest BCUT2D eigenvalue weighted by Gasteiger charge is 2.32. The molecule has 3 N–H and O–H groups in total. The number of amides is 1. The van der Waals surface area contributed by atoms with Gasteiger partial charge in [0.05, 0.1) is 6.42 Å². The van der Waals surface area contributed by atoms with E-state index in [1.807, 2.05) is 24.3 Å². The van der Waals surface area contributed by atoms with Gasteiger partial charge in [0.2, 0.25) is 5.91 Å². The maximum absolute atomic E-state index is 11.6. The van der Waals surface area contributed by atoms with E-state index in [4.69, 9.17) is 5.73 Å². The number of anilines is 1. The Hall–Kier alpha value is -1.51. The van der Waals surface area contributed by atoms with Gasteiger partial charge in [-0.1, -0.05) is 19.1 Å². The van der Waals surface area contributed by atoms with Crippen LogP contribution in [0.3, 0.4) is 0 Å². The van der Waals surface area contributed by atoms with Gasteiger partial charge in [0, 0.05) is 12.2 Å². The Bertz CT molecular complexity index is 372. The average Bonchev–Trinajstić information content (AvgIpc) is 2.95. The van der Waals surface area contributed by atoms with Crippen molar-refractivity contribution in [3.8, 4) is 0 Å². The molecule has 0 radical (unpaired) electrons. The lowest BCUT2D eigenvalue weighted by atomic mass is 10.1. The van der Waals surface area contributed by atoms with Gasteiger partial charge in [-0.25, -0.2) is 0 Å². The zero-order valence-corrected chi connectivity index (χ0v) is 9.57. The molecule has 2 rings (SSSR count). The lowest BCUT2D eigenvalue weighted by Gasteiger charge is -2.04. The molecule has 1 aromatic rings. The second kappa shape index (κ2) is 4.56. The number of carbonyl (C=O) groups excluding carboxylic acids is 1. The molecule has 0 aliphatic heterocycles. The summed E-state index contributed by atoms with van der Waals surface area (Å²) >= 11 is 0. The molecule has 3 nitrogen and oxygen atoms in total. The molecular weight excluding hydrogens is 200 g/mol. The molecule has 16 heavy (non-hydrogen) atoms. The molecule has 1 aliphatic rings. The average molecular weight is 218 g/mol. The van der Waals surface area contributed by atoms with Crippen molar-refractivity contribution in [3.63, 3.8) is 0 Å². The smallest absolute Gasteiger partial charge is 0.224 e. The Morgan fingerprint density at radius 3 is 2.62 bits per heavy atom. The third-order valence-corrected chi connectivity index (χ3v) is 3.18. The van der Waals surface area contributed by atoms with Crippen LogP contribution < -0.4 is 11.1 Å². The van der Waals surface area contributed by atoms with Crippen molar-refractivity contribution in [1.29, 1.82) is 0 Å². The van der Waals surface area contributed by atoms with Crippen LogP contribution in [0, 0.1) is 11.8 Å². The number of benzene rings is 1. The minimum absolute atomic E-state index is 0.101. The molecule has 0 saturated heterocycles. The summed E-state index contributed by atoms with van der Waals surface area (Å²) in [6.07, 6.45) is 1.70. The molecule has 2 unspecified atom stereocenters. The molecule has 1 fully saturated rings. The molecule has 1 saturated carbocycles. The predicted molar refractivity (Wildman–Crippen MR) is 64.8 cm³/mol. The fourth-order valence-corrected chi connectivity index (χ4v) is 1.81. The SMILES string of the molecule is CC1CC1CNC(=O)Cc1ccc(N)cc1. The van der Waals surface area contributed by atoms with Gasteiger partial charge in [-0.2, -0.15) is 0 Å². The second-order valence-electron chi connectivity index (χ2n) is 4.70. The lowest BCUT2D eigenvalue weighted by Crippen LogP contribution is -2.27. The summed E-state index contributed by atoms with van der Waals surface area (Å²) in [6, 6.07) is 7.44. The number of hydrogen-bond donors (Lipinski definition) is 2. The van der Waals surface area contributed by atoms with Crippen molar-refractivity contribution in [2.45, 2.75) is 19.8 Å². The summed E-state index contributed by atoms with van der Waals surface area (Å²) in [7, 11) is 0. The van der Waals surface area contributed by atoms with Crippen LogP contribution in [0.2, 0.25) is 0 Å². The van der Waals surface area contributed by atoms with Gasteiger partial charge in [0.25, 0.3) is 0 Å². The normalized spacial score (nSPS) is 22.8.